The second-order valence-corrected chi connectivity index (χ2v) is 8.13. The molecule has 1 aliphatic heterocycles. The number of halogens is 1. The zero-order valence-corrected chi connectivity index (χ0v) is 21.4. The van der Waals surface area contributed by atoms with Crippen molar-refractivity contribution in [2.45, 2.75) is 18.9 Å². The second-order valence-electron chi connectivity index (χ2n) is 8.13. The van der Waals surface area contributed by atoms with E-state index in [4.69, 9.17) is 0 Å². The number of aliphatic hydroxyl groups excluding tert-OH is 1. The van der Waals surface area contributed by atoms with E-state index in [1.165, 1.54) is 5.56 Å². The van der Waals surface area contributed by atoms with Crippen molar-refractivity contribution < 1.29 is 5.11 Å². The summed E-state index contributed by atoms with van der Waals surface area (Å²) in [5.41, 5.74) is 2.54. The van der Waals surface area contributed by atoms with Gasteiger partial charge in [0, 0.05) is 58.8 Å². The Morgan fingerprint density at radius 2 is 1.56 bits per heavy atom. The Labute approximate surface area is 210 Å². The Balaban J connectivity index is 0.00000363. The van der Waals surface area contributed by atoms with Crippen molar-refractivity contribution in [1.82, 2.24) is 20.4 Å². The number of aliphatic imine (C=N–C) groups is 1. The van der Waals surface area contributed by atoms with E-state index >= 15 is 0 Å². The first-order chi connectivity index (χ1) is 15.3. The zero-order valence-electron chi connectivity index (χ0n) is 19.1. The zero-order chi connectivity index (χ0) is 21.7. The van der Waals surface area contributed by atoms with Gasteiger partial charge in [-0.2, -0.15) is 0 Å². The molecule has 176 valence electrons. The fourth-order valence-corrected chi connectivity index (χ4v) is 3.98. The minimum atomic E-state index is 0. The molecule has 1 heterocycles. The van der Waals surface area contributed by atoms with Gasteiger partial charge in [-0.3, -0.25) is 9.89 Å². The molecule has 0 radical (unpaired) electrons. The van der Waals surface area contributed by atoms with Crippen LogP contribution in [0.5, 0.6) is 0 Å². The average molecular weight is 552 g/mol. The first-order valence-electron chi connectivity index (χ1n) is 11.4. The maximum absolute atomic E-state index is 9.72. The summed E-state index contributed by atoms with van der Waals surface area (Å²) in [5.74, 6) is 0.856. The molecule has 6 nitrogen and oxygen atoms in total. The Morgan fingerprint density at radius 3 is 2.19 bits per heavy atom. The summed E-state index contributed by atoms with van der Waals surface area (Å²) in [5, 5.41) is 16.5. The van der Waals surface area contributed by atoms with Crippen LogP contribution in [0.25, 0.3) is 0 Å². The number of piperazine rings is 1. The van der Waals surface area contributed by atoms with Crippen LogP contribution in [0.15, 0.2) is 65.7 Å². The van der Waals surface area contributed by atoms with E-state index in [9.17, 15) is 5.11 Å². The minimum absolute atomic E-state index is 0. The van der Waals surface area contributed by atoms with Crippen LogP contribution in [-0.2, 0) is 6.54 Å². The number of benzene rings is 2. The minimum Gasteiger partial charge on any atom is -0.396 e. The van der Waals surface area contributed by atoms with Crippen molar-refractivity contribution in [3.8, 4) is 0 Å². The molecule has 7 heteroatoms. The van der Waals surface area contributed by atoms with Gasteiger partial charge in [0.05, 0.1) is 6.61 Å². The fraction of sp³-hybridized carbons (Fsp3) is 0.480. The highest BCUT2D eigenvalue weighted by Gasteiger charge is 2.16. The van der Waals surface area contributed by atoms with Crippen LogP contribution < -0.4 is 10.6 Å². The Bertz CT molecular complexity index is 766. The third-order valence-corrected chi connectivity index (χ3v) is 5.89. The molecule has 0 aliphatic carbocycles. The van der Waals surface area contributed by atoms with Crippen molar-refractivity contribution in [3.63, 3.8) is 0 Å². The van der Waals surface area contributed by atoms with Crippen molar-refractivity contribution in [3.05, 3.63) is 71.8 Å². The second kappa shape index (κ2) is 15.2. The number of hydrogen-bond donors (Lipinski definition) is 3. The maximum atomic E-state index is 9.72. The first kappa shape index (κ1) is 26.6. The number of hydrogen-bond acceptors (Lipinski definition) is 4. The van der Waals surface area contributed by atoms with Gasteiger partial charge in [0.15, 0.2) is 5.96 Å². The highest BCUT2D eigenvalue weighted by Crippen LogP contribution is 2.13. The molecule has 1 atom stereocenters. The fourth-order valence-electron chi connectivity index (χ4n) is 3.98. The topological polar surface area (TPSA) is 63.1 Å². The molecule has 0 amide bonds. The Kier molecular flexibility index (Phi) is 12.6. The normalized spacial score (nSPS) is 16.2. The highest BCUT2D eigenvalue weighted by molar-refractivity contribution is 14.0. The molecule has 0 bridgehead atoms. The summed E-state index contributed by atoms with van der Waals surface area (Å²) >= 11 is 0. The number of nitrogens with one attached hydrogen (secondary N) is 2. The van der Waals surface area contributed by atoms with Crippen LogP contribution >= 0.6 is 24.0 Å². The summed E-state index contributed by atoms with van der Waals surface area (Å²) in [6.07, 6.45) is 1.08. The lowest BCUT2D eigenvalue weighted by Crippen LogP contribution is -2.46. The smallest absolute Gasteiger partial charge is 0.191 e. The van der Waals surface area contributed by atoms with Gasteiger partial charge in [-0.1, -0.05) is 60.7 Å². The monoisotopic (exact) mass is 551 g/mol. The van der Waals surface area contributed by atoms with Gasteiger partial charge in [0.1, 0.15) is 0 Å². The molecular weight excluding hydrogens is 513 g/mol. The summed E-state index contributed by atoms with van der Waals surface area (Å²) in [6.45, 7) is 8.35. The standard InChI is InChI=1S/C25H37N5O.HI/c1-26-25(28-19-24(21-31)23-11-6-3-7-12-23)27-13-8-14-29-15-17-30(18-16-29)20-22-9-4-2-5-10-22;/h2-7,9-12,24,31H,8,13-21H2,1H3,(H2,26,27,28);1H. The third-order valence-electron chi connectivity index (χ3n) is 5.89. The predicted octanol–water partition coefficient (Wildman–Crippen LogP) is 2.75. The summed E-state index contributed by atoms with van der Waals surface area (Å²) in [6, 6.07) is 20.8. The van der Waals surface area contributed by atoms with Crippen molar-refractivity contribution in [2.24, 2.45) is 4.99 Å². The molecule has 0 aromatic heterocycles. The molecular formula is C25H38IN5O. The molecule has 2 aromatic carbocycles. The van der Waals surface area contributed by atoms with Crippen LogP contribution in [0.3, 0.4) is 0 Å². The number of nitrogens with zero attached hydrogens (tertiary/aromatic N) is 3. The molecule has 1 aliphatic rings. The maximum Gasteiger partial charge on any atom is 0.191 e. The van der Waals surface area contributed by atoms with Crippen LogP contribution in [0.2, 0.25) is 0 Å². The van der Waals surface area contributed by atoms with E-state index in [0.717, 1.165) is 63.8 Å². The molecule has 0 saturated carbocycles. The molecule has 3 rings (SSSR count). The van der Waals surface area contributed by atoms with Gasteiger partial charge in [0.25, 0.3) is 0 Å². The van der Waals surface area contributed by atoms with E-state index < -0.39 is 0 Å². The molecule has 0 spiro atoms. The van der Waals surface area contributed by atoms with Gasteiger partial charge >= 0.3 is 0 Å². The highest BCUT2D eigenvalue weighted by atomic mass is 127. The number of guanidine groups is 1. The summed E-state index contributed by atoms with van der Waals surface area (Å²) in [7, 11) is 1.79. The molecule has 3 N–H and O–H groups in total. The van der Waals surface area contributed by atoms with Gasteiger partial charge in [-0.05, 0) is 24.1 Å². The quantitative estimate of drug-likeness (QED) is 0.184. The summed E-state index contributed by atoms with van der Waals surface area (Å²) < 4.78 is 0. The van der Waals surface area contributed by atoms with E-state index in [-0.39, 0.29) is 36.5 Å². The lowest BCUT2D eigenvalue weighted by Gasteiger charge is -2.34. The van der Waals surface area contributed by atoms with Crippen LogP contribution in [0.1, 0.15) is 23.5 Å². The van der Waals surface area contributed by atoms with Gasteiger partial charge < -0.3 is 20.6 Å². The Hall–Kier alpha value is -1.68. The van der Waals surface area contributed by atoms with Gasteiger partial charge in [-0.25, -0.2) is 0 Å². The van der Waals surface area contributed by atoms with Gasteiger partial charge in [0.2, 0.25) is 0 Å². The van der Waals surface area contributed by atoms with Crippen molar-refractivity contribution in [2.75, 3.05) is 59.5 Å². The molecule has 2 aromatic rings. The molecule has 1 unspecified atom stereocenters. The Morgan fingerprint density at radius 1 is 0.938 bits per heavy atom. The molecule has 32 heavy (non-hydrogen) atoms. The van der Waals surface area contributed by atoms with Crippen molar-refractivity contribution >= 4 is 29.9 Å². The predicted molar refractivity (Wildman–Crippen MR) is 144 cm³/mol. The molecule has 1 fully saturated rings. The lowest BCUT2D eigenvalue weighted by atomic mass is 10.0. The van der Waals surface area contributed by atoms with Crippen LogP contribution in [0.4, 0.5) is 0 Å². The third kappa shape index (κ3) is 9.05. The van der Waals surface area contributed by atoms with Gasteiger partial charge in [-0.15, -0.1) is 24.0 Å². The first-order valence-corrected chi connectivity index (χ1v) is 11.4. The van der Waals surface area contributed by atoms with Crippen LogP contribution in [-0.4, -0.2) is 80.3 Å². The average Bonchev–Trinajstić information content (AvgIpc) is 2.83. The van der Waals surface area contributed by atoms with Crippen LogP contribution in [0, 0.1) is 0 Å². The number of rotatable bonds is 10. The SMILES string of the molecule is CN=C(NCCCN1CCN(Cc2ccccc2)CC1)NCC(CO)c1ccccc1.I. The van der Waals surface area contributed by atoms with E-state index in [1.807, 2.05) is 18.2 Å². The van der Waals surface area contributed by atoms with E-state index in [2.05, 4.69) is 67.9 Å². The number of aliphatic hydroxyl groups is 1. The molecule has 1 saturated heterocycles. The lowest BCUT2D eigenvalue weighted by molar-refractivity contribution is 0.126. The van der Waals surface area contributed by atoms with Crippen molar-refractivity contribution in [1.29, 1.82) is 0 Å². The van der Waals surface area contributed by atoms with E-state index in [1.54, 1.807) is 7.05 Å². The van der Waals surface area contributed by atoms with E-state index in [0.29, 0.717) is 6.54 Å². The largest absolute Gasteiger partial charge is 0.396 e. The summed E-state index contributed by atoms with van der Waals surface area (Å²) in [4.78, 5) is 9.41.